The molecule has 1 aromatic carbocycles. The van der Waals surface area contributed by atoms with E-state index in [0.29, 0.717) is 11.2 Å². The van der Waals surface area contributed by atoms with Crippen LogP contribution in [0, 0.1) is 6.92 Å². The summed E-state index contributed by atoms with van der Waals surface area (Å²) in [4.78, 5) is 4.14. The van der Waals surface area contributed by atoms with Gasteiger partial charge in [0.2, 0.25) is 0 Å². The Kier molecular flexibility index (Phi) is 4.67. The predicted molar refractivity (Wildman–Crippen MR) is 82.2 cm³/mol. The molecule has 1 atom stereocenters. The molecule has 0 aliphatic carbocycles. The Morgan fingerprint density at radius 3 is 2.53 bits per heavy atom. The quantitative estimate of drug-likeness (QED) is 0.824. The first kappa shape index (κ1) is 14.2. The molecule has 2 aromatic rings. The van der Waals surface area contributed by atoms with Crippen LogP contribution in [-0.2, 0) is 6.42 Å². The van der Waals surface area contributed by atoms with Crippen LogP contribution in [0.2, 0.25) is 10.2 Å². The molecular formula is C15H16Cl2N2. The second-order valence-electron chi connectivity index (χ2n) is 4.71. The molecule has 1 aromatic heterocycles. The Balaban J connectivity index is 1.98. The SMILES string of the molecule is Cc1cc(NC(C)Cc2ccc(Cl)cc2)cnc1Cl. The van der Waals surface area contributed by atoms with Gasteiger partial charge in [-0.05, 0) is 49.6 Å². The third kappa shape index (κ3) is 4.12. The molecule has 1 heterocycles. The summed E-state index contributed by atoms with van der Waals surface area (Å²) in [5, 5.41) is 4.74. The van der Waals surface area contributed by atoms with Gasteiger partial charge in [0.05, 0.1) is 11.9 Å². The van der Waals surface area contributed by atoms with Crippen LogP contribution in [0.25, 0.3) is 0 Å². The van der Waals surface area contributed by atoms with Gasteiger partial charge in [-0.25, -0.2) is 4.98 Å². The highest BCUT2D eigenvalue weighted by Crippen LogP contribution is 2.18. The summed E-state index contributed by atoms with van der Waals surface area (Å²) in [5.41, 5.74) is 3.22. The average Bonchev–Trinajstić information content (AvgIpc) is 2.37. The summed E-state index contributed by atoms with van der Waals surface area (Å²) in [5.74, 6) is 0. The minimum atomic E-state index is 0.309. The average molecular weight is 295 g/mol. The van der Waals surface area contributed by atoms with Crippen LogP contribution in [0.4, 0.5) is 5.69 Å². The number of aryl methyl sites for hydroxylation is 1. The molecule has 4 heteroatoms. The number of rotatable bonds is 4. The molecule has 0 aliphatic heterocycles. The van der Waals surface area contributed by atoms with Crippen molar-refractivity contribution in [3.8, 4) is 0 Å². The van der Waals surface area contributed by atoms with Gasteiger partial charge in [0, 0.05) is 11.1 Å². The molecule has 0 fully saturated rings. The number of anilines is 1. The van der Waals surface area contributed by atoms with Gasteiger partial charge in [-0.3, -0.25) is 0 Å². The second kappa shape index (κ2) is 6.27. The van der Waals surface area contributed by atoms with E-state index in [1.807, 2.05) is 37.3 Å². The molecule has 0 aliphatic rings. The molecule has 2 rings (SSSR count). The third-order valence-electron chi connectivity index (χ3n) is 2.88. The van der Waals surface area contributed by atoms with E-state index in [1.54, 1.807) is 6.20 Å². The zero-order chi connectivity index (χ0) is 13.8. The van der Waals surface area contributed by atoms with Crippen LogP contribution < -0.4 is 5.32 Å². The normalized spacial score (nSPS) is 12.2. The fourth-order valence-electron chi connectivity index (χ4n) is 1.95. The highest BCUT2D eigenvalue weighted by atomic mass is 35.5. The highest BCUT2D eigenvalue weighted by Gasteiger charge is 2.05. The van der Waals surface area contributed by atoms with E-state index in [9.17, 15) is 0 Å². The van der Waals surface area contributed by atoms with Crippen molar-refractivity contribution in [3.05, 3.63) is 57.8 Å². The first-order chi connectivity index (χ1) is 9.04. The molecular weight excluding hydrogens is 279 g/mol. The van der Waals surface area contributed by atoms with Gasteiger partial charge in [-0.15, -0.1) is 0 Å². The highest BCUT2D eigenvalue weighted by molar-refractivity contribution is 6.30. The minimum absolute atomic E-state index is 0.309. The third-order valence-corrected chi connectivity index (χ3v) is 3.53. The molecule has 19 heavy (non-hydrogen) atoms. The van der Waals surface area contributed by atoms with Crippen molar-refractivity contribution in [2.24, 2.45) is 0 Å². The van der Waals surface area contributed by atoms with E-state index < -0.39 is 0 Å². The maximum Gasteiger partial charge on any atom is 0.132 e. The van der Waals surface area contributed by atoms with Crippen molar-refractivity contribution in [2.45, 2.75) is 26.3 Å². The number of aromatic nitrogens is 1. The van der Waals surface area contributed by atoms with E-state index in [0.717, 1.165) is 22.7 Å². The van der Waals surface area contributed by atoms with Crippen LogP contribution in [0.5, 0.6) is 0 Å². The fourth-order valence-corrected chi connectivity index (χ4v) is 2.18. The predicted octanol–water partition coefficient (Wildman–Crippen LogP) is 4.74. The number of hydrogen-bond acceptors (Lipinski definition) is 2. The Morgan fingerprint density at radius 2 is 1.89 bits per heavy atom. The Hall–Kier alpha value is -1.25. The lowest BCUT2D eigenvalue weighted by atomic mass is 10.1. The number of nitrogens with zero attached hydrogens (tertiary/aromatic N) is 1. The van der Waals surface area contributed by atoms with Gasteiger partial charge in [-0.2, -0.15) is 0 Å². The summed E-state index contributed by atoms with van der Waals surface area (Å²) in [7, 11) is 0. The first-order valence-corrected chi connectivity index (χ1v) is 6.93. The maximum absolute atomic E-state index is 5.91. The van der Waals surface area contributed by atoms with E-state index in [1.165, 1.54) is 5.56 Å². The molecule has 0 amide bonds. The Labute approximate surface area is 123 Å². The van der Waals surface area contributed by atoms with Crippen molar-refractivity contribution in [2.75, 3.05) is 5.32 Å². The summed E-state index contributed by atoms with van der Waals surface area (Å²) in [6.45, 7) is 4.09. The Bertz CT molecular complexity index is 553. The monoisotopic (exact) mass is 294 g/mol. The largest absolute Gasteiger partial charge is 0.381 e. The van der Waals surface area contributed by atoms with Crippen molar-refractivity contribution in [3.63, 3.8) is 0 Å². The lowest BCUT2D eigenvalue weighted by Crippen LogP contribution is -2.18. The molecule has 0 spiro atoms. The van der Waals surface area contributed by atoms with Crippen LogP contribution in [0.1, 0.15) is 18.1 Å². The van der Waals surface area contributed by atoms with E-state index in [4.69, 9.17) is 23.2 Å². The molecule has 2 nitrogen and oxygen atoms in total. The summed E-state index contributed by atoms with van der Waals surface area (Å²) in [6.07, 6.45) is 2.69. The number of benzene rings is 1. The van der Waals surface area contributed by atoms with Crippen molar-refractivity contribution < 1.29 is 0 Å². The van der Waals surface area contributed by atoms with Gasteiger partial charge in [0.15, 0.2) is 0 Å². The summed E-state index contributed by atoms with van der Waals surface area (Å²) in [6, 6.07) is 10.2. The number of pyridine rings is 1. The van der Waals surface area contributed by atoms with Gasteiger partial charge in [0.25, 0.3) is 0 Å². The van der Waals surface area contributed by atoms with Crippen LogP contribution in [0.3, 0.4) is 0 Å². The van der Waals surface area contributed by atoms with Gasteiger partial charge in [-0.1, -0.05) is 35.3 Å². The van der Waals surface area contributed by atoms with Crippen molar-refractivity contribution in [1.82, 2.24) is 4.98 Å². The molecule has 0 bridgehead atoms. The molecule has 0 saturated heterocycles. The van der Waals surface area contributed by atoms with Crippen molar-refractivity contribution in [1.29, 1.82) is 0 Å². The van der Waals surface area contributed by atoms with Gasteiger partial charge < -0.3 is 5.32 Å². The molecule has 0 radical (unpaired) electrons. The maximum atomic E-state index is 5.91. The van der Waals surface area contributed by atoms with Crippen LogP contribution >= 0.6 is 23.2 Å². The molecule has 1 unspecified atom stereocenters. The van der Waals surface area contributed by atoms with Gasteiger partial charge >= 0.3 is 0 Å². The molecule has 1 N–H and O–H groups in total. The number of halogens is 2. The van der Waals surface area contributed by atoms with Gasteiger partial charge in [0.1, 0.15) is 5.15 Å². The summed E-state index contributed by atoms with van der Waals surface area (Å²) < 4.78 is 0. The standard InChI is InChI=1S/C15H16Cl2N2/c1-10-7-14(9-18-15(10)17)19-11(2)8-12-3-5-13(16)6-4-12/h3-7,9,11,19H,8H2,1-2H3. The lowest BCUT2D eigenvalue weighted by Gasteiger charge is -2.15. The van der Waals surface area contributed by atoms with E-state index >= 15 is 0 Å². The van der Waals surface area contributed by atoms with Crippen LogP contribution in [0.15, 0.2) is 36.5 Å². The second-order valence-corrected chi connectivity index (χ2v) is 5.50. The van der Waals surface area contributed by atoms with Crippen LogP contribution in [-0.4, -0.2) is 11.0 Å². The molecule has 0 saturated carbocycles. The number of hydrogen-bond donors (Lipinski definition) is 1. The topological polar surface area (TPSA) is 24.9 Å². The number of nitrogens with one attached hydrogen (secondary N) is 1. The molecule has 100 valence electrons. The fraction of sp³-hybridized carbons (Fsp3) is 0.267. The zero-order valence-corrected chi connectivity index (χ0v) is 12.5. The van der Waals surface area contributed by atoms with E-state index in [-0.39, 0.29) is 0 Å². The smallest absolute Gasteiger partial charge is 0.132 e. The van der Waals surface area contributed by atoms with E-state index in [2.05, 4.69) is 17.2 Å². The Morgan fingerprint density at radius 1 is 1.21 bits per heavy atom. The van der Waals surface area contributed by atoms with Crippen molar-refractivity contribution >= 4 is 28.9 Å². The minimum Gasteiger partial charge on any atom is -0.381 e. The zero-order valence-electron chi connectivity index (χ0n) is 11.0. The first-order valence-electron chi connectivity index (χ1n) is 6.17. The lowest BCUT2D eigenvalue weighted by molar-refractivity contribution is 0.789. The summed E-state index contributed by atoms with van der Waals surface area (Å²) >= 11 is 11.8.